The Kier molecular flexibility index (Phi) is 7.67. The molecule has 0 bridgehead atoms. The number of ether oxygens (including phenoxy) is 1. The van der Waals surface area contributed by atoms with Crippen molar-refractivity contribution in [3.8, 4) is 0 Å². The third-order valence-corrected chi connectivity index (χ3v) is 3.75. The maximum Gasteiger partial charge on any atom is 0.329 e. The van der Waals surface area contributed by atoms with Crippen LogP contribution in [0.2, 0.25) is 5.02 Å². The highest BCUT2D eigenvalue weighted by Crippen LogP contribution is 2.07. The fourth-order valence-electron chi connectivity index (χ4n) is 2.17. The van der Waals surface area contributed by atoms with E-state index < -0.39 is 11.8 Å². The van der Waals surface area contributed by atoms with Crippen LogP contribution in [0.5, 0.6) is 0 Å². The molecule has 0 unspecified atom stereocenters. The molecule has 0 aliphatic carbocycles. The van der Waals surface area contributed by atoms with Gasteiger partial charge in [0, 0.05) is 24.7 Å². The highest BCUT2D eigenvalue weighted by molar-refractivity contribution is 6.35. The minimum atomic E-state index is -0.786. The molecular weight excluding hydrogens is 332 g/mol. The number of nitrogens with one attached hydrogen (secondary N) is 2. The van der Waals surface area contributed by atoms with E-state index in [0.717, 1.165) is 44.8 Å². The second kappa shape index (κ2) is 10.0. The number of hydrogen-bond donors (Lipinski definition) is 2. The van der Waals surface area contributed by atoms with E-state index in [1.165, 1.54) is 6.21 Å². The Labute approximate surface area is 146 Å². The summed E-state index contributed by atoms with van der Waals surface area (Å²) < 4.78 is 5.27. The summed E-state index contributed by atoms with van der Waals surface area (Å²) >= 11 is 5.77. The molecule has 24 heavy (non-hydrogen) atoms. The molecule has 1 saturated heterocycles. The van der Waals surface area contributed by atoms with E-state index in [2.05, 4.69) is 20.7 Å². The average Bonchev–Trinajstić information content (AvgIpc) is 2.61. The van der Waals surface area contributed by atoms with E-state index in [9.17, 15) is 9.59 Å². The lowest BCUT2D eigenvalue weighted by Crippen LogP contribution is -2.40. The predicted octanol–water partition coefficient (Wildman–Crippen LogP) is 0.629. The first kappa shape index (κ1) is 18.4. The predicted molar refractivity (Wildman–Crippen MR) is 92.1 cm³/mol. The molecule has 2 amide bonds. The fourth-order valence-corrected chi connectivity index (χ4v) is 2.30. The number of amides is 2. The molecule has 8 heteroatoms. The van der Waals surface area contributed by atoms with Gasteiger partial charge in [0.1, 0.15) is 0 Å². The molecule has 1 heterocycles. The van der Waals surface area contributed by atoms with Crippen molar-refractivity contribution >= 4 is 29.6 Å². The van der Waals surface area contributed by atoms with Gasteiger partial charge in [0.05, 0.1) is 19.4 Å². The first-order valence-electron chi connectivity index (χ1n) is 7.82. The Hall–Kier alpha value is -1.96. The van der Waals surface area contributed by atoms with Gasteiger partial charge in [0.2, 0.25) is 0 Å². The number of benzene rings is 1. The van der Waals surface area contributed by atoms with Gasteiger partial charge in [-0.05, 0) is 30.7 Å². The zero-order chi connectivity index (χ0) is 17.2. The summed E-state index contributed by atoms with van der Waals surface area (Å²) in [6, 6.07) is 6.94. The van der Waals surface area contributed by atoms with Crippen molar-refractivity contribution in [1.82, 2.24) is 15.6 Å². The normalized spacial score (nSPS) is 15.4. The van der Waals surface area contributed by atoms with Crippen LogP contribution in [-0.2, 0) is 14.3 Å². The van der Waals surface area contributed by atoms with E-state index in [-0.39, 0.29) is 0 Å². The number of carbonyl (C=O) groups excluding carboxylic acids is 2. The number of nitrogens with zero attached hydrogens (tertiary/aromatic N) is 2. The number of hydrazone groups is 1. The van der Waals surface area contributed by atoms with E-state index in [0.29, 0.717) is 11.6 Å². The Balaban J connectivity index is 1.61. The van der Waals surface area contributed by atoms with Crippen LogP contribution in [0.1, 0.15) is 12.0 Å². The summed E-state index contributed by atoms with van der Waals surface area (Å²) in [5.74, 6) is -1.48. The third-order valence-electron chi connectivity index (χ3n) is 3.50. The maximum absolute atomic E-state index is 11.6. The Bertz CT molecular complexity index is 571. The lowest BCUT2D eigenvalue weighted by atomic mass is 10.2. The second-order valence-corrected chi connectivity index (χ2v) is 5.75. The van der Waals surface area contributed by atoms with Crippen molar-refractivity contribution in [2.45, 2.75) is 6.42 Å². The molecule has 2 N–H and O–H groups in total. The first-order valence-corrected chi connectivity index (χ1v) is 8.20. The van der Waals surface area contributed by atoms with Crippen molar-refractivity contribution < 1.29 is 14.3 Å². The van der Waals surface area contributed by atoms with Crippen LogP contribution in [0.15, 0.2) is 29.4 Å². The quantitative estimate of drug-likeness (QED) is 0.340. The van der Waals surface area contributed by atoms with Crippen LogP contribution in [0.4, 0.5) is 0 Å². The summed E-state index contributed by atoms with van der Waals surface area (Å²) in [7, 11) is 0. The lowest BCUT2D eigenvalue weighted by molar-refractivity contribution is -0.139. The third kappa shape index (κ3) is 6.66. The number of rotatable bonds is 6. The highest BCUT2D eigenvalue weighted by Gasteiger charge is 2.13. The maximum atomic E-state index is 11.6. The summed E-state index contributed by atoms with van der Waals surface area (Å²) in [6.07, 6.45) is 2.23. The van der Waals surface area contributed by atoms with E-state index in [4.69, 9.17) is 16.3 Å². The Morgan fingerprint density at radius 2 is 1.92 bits per heavy atom. The Morgan fingerprint density at radius 1 is 1.21 bits per heavy atom. The van der Waals surface area contributed by atoms with E-state index in [1.54, 1.807) is 24.3 Å². The van der Waals surface area contributed by atoms with Gasteiger partial charge < -0.3 is 10.1 Å². The van der Waals surface area contributed by atoms with Gasteiger partial charge in [0.25, 0.3) is 0 Å². The van der Waals surface area contributed by atoms with Crippen LogP contribution < -0.4 is 10.7 Å². The molecule has 0 aromatic heterocycles. The molecule has 1 aliphatic rings. The molecule has 2 rings (SSSR count). The molecule has 0 saturated carbocycles. The van der Waals surface area contributed by atoms with E-state index >= 15 is 0 Å². The molecule has 1 aromatic rings. The van der Waals surface area contributed by atoms with Gasteiger partial charge in [-0.1, -0.05) is 23.7 Å². The zero-order valence-corrected chi connectivity index (χ0v) is 14.1. The summed E-state index contributed by atoms with van der Waals surface area (Å²) in [5, 5.41) is 6.94. The molecule has 1 aliphatic heterocycles. The van der Waals surface area contributed by atoms with Crippen LogP contribution >= 0.6 is 11.6 Å². The zero-order valence-electron chi connectivity index (χ0n) is 13.3. The lowest BCUT2D eigenvalue weighted by Gasteiger charge is -2.26. The largest absolute Gasteiger partial charge is 0.379 e. The van der Waals surface area contributed by atoms with Crippen molar-refractivity contribution in [3.63, 3.8) is 0 Å². The molecule has 1 aromatic carbocycles. The summed E-state index contributed by atoms with van der Waals surface area (Å²) in [6.45, 7) is 4.65. The van der Waals surface area contributed by atoms with Gasteiger partial charge in [-0.3, -0.25) is 14.5 Å². The standard InChI is InChI=1S/C16H21ClN4O3/c17-14-4-2-13(3-5-14)12-19-20-16(23)15(22)18-6-1-7-21-8-10-24-11-9-21/h2-5,12H,1,6-11H2,(H,18,22)(H,20,23)/b19-12-. The van der Waals surface area contributed by atoms with Gasteiger partial charge >= 0.3 is 11.8 Å². The van der Waals surface area contributed by atoms with Crippen LogP contribution in [0.25, 0.3) is 0 Å². The molecule has 1 fully saturated rings. The van der Waals surface area contributed by atoms with Crippen LogP contribution in [-0.4, -0.2) is 62.3 Å². The fraction of sp³-hybridized carbons (Fsp3) is 0.438. The van der Waals surface area contributed by atoms with Gasteiger partial charge in [-0.15, -0.1) is 0 Å². The molecule has 0 radical (unpaired) electrons. The summed E-state index contributed by atoms with van der Waals surface area (Å²) in [4.78, 5) is 25.5. The second-order valence-electron chi connectivity index (χ2n) is 5.31. The molecule has 130 valence electrons. The molecule has 7 nitrogen and oxygen atoms in total. The van der Waals surface area contributed by atoms with Crippen molar-refractivity contribution in [2.24, 2.45) is 5.10 Å². The number of hydrogen-bond acceptors (Lipinski definition) is 5. The molecule has 0 atom stereocenters. The number of halogens is 1. The van der Waals surface area contributed by atoms with Crippen molar-refractivity contribution in [1.29, 1.82) is 0 Å². The smallest absolute Gasteiger partial charge is 0.329 e. The number of morpholine rings is 1. The van der Waals surface area contributed by atoms with Crippen LogP contribution in [0.3, 0.4) is 0 Å². The van der Waals surface area contributed by atoms with Gasteiger partial charge in [-0.25, -0.2) is 5.43 Å². The highest BCUT2D eigenvalue weighted by atomic mass is 35.5. The topological polar surface area (TPSA) is 83.0 Å². The SMILES string of the molecule is O=C(NCCCN1CCOCC1)C(=O)N/N=C\c1ccc(Cl)cc1. The van der Waals surface area contributed by atoms with Gasteiger partial charge in [-0.2, -0.15) is 5.10 Å². The van der Waals surface area contributed by atoms with Crippen molar-refractivity contribution in [3.05, 3.63) is 34.9 Å². The van der Waals surface area contributed by atoms with E-state index in [1.807, 2.05) is 0 Å². The number of carbonyl (C=O) groups is 2. The summed E-state index contributed by atoms with van der Waals surface area (Å²) in [5.41, 5.74) is 2.96. The molecular formula is C16H21ClN4O3. The molecule has 0 spiro atoms. The minimum absolute atomic E-state index is 0.449. The van der Waals surface area contributed by atoms with Crippen LogP contribution in [0, 0.1) is 0 Å². The first-order chi connectivity index (χ1) is 11.6. The van der Waals surface area contributed by atoms with Gasteiger partial charge in [0.15, 0.2) is 0 Å². The van der Waals surface area contributed by atoms with Crippen molar-refractivity contribution in [2.75, 3.05) is 39.4 Å². The Morgan fingerprint density at radius 3 is 2.62 bits per heavy atom. The average molecular weight is 353 g/mol. The monoisotopic (exact) mass is 352 g/mol. The minimum Gasteiger partial charge on any atom is -0.379 e.